The van der Waals surface area contributed by atoms with E-state index in [2.05, 4.69) is 15.3 Å². The van der Waals surface area contributed by atoms with Crippen LogP contribution in [0.4, 0.5) is 10.5 Å². The number of nitro benzene ring substituents is 1. The van der Waals surface area contributed by atoms with Crippen molar-refractivity contribution in [3.8, 4) is 0 Å². The highest BCUT2D eigenvalue weighted by atomic mass is 16.6. The van der Waals surface area contributed by atoms with E-state index in [1.807, 2.05) is 0 Å². The van der Waals surface area contributed by atoms with Crippen LogP contribution in [-0.4, -0.2) is 27.6 Å². The average molecular weight is 304 g/mol. The number of non-ortho nitro benzene ring substituents is 1. The Morgan fingerprint density at radius 1 is 1.45 bits per heavy atom. The van der Waals surface area contributed by atoms with Gasteiger partial charge in [0.25, 0.3) is 5.69 Å². The number of amides is 1. The first-order valence-corrected chi connectivity index (χ1v) is 6.76. The minimum Gasteiger partial charge on any atom is -0.450 e. The van der Waals surface area contributed by atoms with Crippen LogP contribution in [0.15, 0.2) is 36.8 Å². The lowest BCUT2D eigenvalue weighted by Crippen LogP contribution is -2.24. The number of nitrogens with one attached hydrogen (secondary N) is 2. The summed E-state index contributed by atoms with van der Waals surface area (Å²) in [4.78, 5) is 28.5. The number of H-pyrrole nitrogens is 1. The lowest BCUT2D eigenvalue weighted by atomic mass is 10.2. The lowest BCUT2D eigenvalue weighted by molar-refractivity contribution is -0.384. The van der Waals surface area contributed by atoms with Crippen molar-refractivity contribution in [3.05, 3.63) is 58.2 Å². The van der Waals surface area contributed by atoms with Gasteiger partial charge in [-0.1, -0.05) is 12.1 Å². The molecule has 0 radical (unpaired) electrons. The number of carbonyl (C=O) groups is 1. The Morgan fingerprint density at radius 3 is 3.05 bits per heavy atom. The van der Waals surface area contributed by atoms with Gasteiger partial charge in [-0.25, -0.2) is 9.78 Å². The maximum atomic E-state index is 11.5. The first-order chi connectivity index (χ1) is 10.6. The van der Waals surface area contributed by atoms with Crippen LogP contribution in [0.25, 0.3) is 0 Å². The summed E-state index contributed by atoms with van der Waals surface area (Å²) in [5, 5.41) is 13.2. The van der Waals surface area contributed by atoms with Gasteiger partial charge in [-0.3, -0.25) is 10.1 Å². The molecule has 0 aliphatic rings. The van der Waals surface area contributed by atoms with Gasteiger partial charge in [0.2, 0.25) is 0 Å². The zero-order valence-corrected chi connectivity index (χ0v) is 11.8. The molecule has 2 N–H and O–H groups in total. The highest BCUT2D eigenvalue weighted by Gasteiger charge is 2.07. The number of alkyl carbamates (subject to hydrolysis) is 1. The lowest BCUT2D eigenvalue weighted by Gasteiger charge is -2.06. The fourth-order valence-electron chi connectivity index (χ4n) is 1.85. The number of ether oxygens (including phenoxy) is 1. The number of hydrogen-bond donors (Lipinski definition) is 2. The molecule has 0 saturated heterocycles. The molecule has 0 aliphatic heterocycles. The Bertz CT molecular complexity index is 628. The molecule has 1 aromatic heterocycles. The molecule has 0 bridgehead atoms. The summed E-state index contributed by atoms with van der Waals surface area (Å²) in [6.45, 7) is 0.473. The molecule has 0 fully saturated rings. The molecule has 0 spiro atoms. The number of aryl methyl sites for hydroxylation is 1. The van der Waals surface area contributed by atoms with E-state index < -0.39 is 11.0 Å². The Kier molecular flexibility index (Phi) is 5.47. The van der Waals surface area contributed by atoms with E-state index in [0.717, 1.165) is 12.1 Å². The molecule has 116 valence electrons. The molecular formula is C14H16N4O4. The van der Waals surface area contributed by atoms with Crippen LogP contribution in [0.1, 0.15) is 17.7 Å². The molecule has 8 heteroatoms. The standard InChI is InChI=1S/C14H16N4O4/c19-14(22-6-2-4-12-9-15-10-17-12)16-8-11-3-1-5-13(7-11)18(20)21/h1,3,5,7,9-10H,2,4,6,8H2,(H,15,17)(H,16,19). The van der Waals surface area contributed by atoms with E-state index in [1.54, 1.807) is 24.7 Å². The third-order valence-corrected chi connectivity index (χ3v) is 2.94. The van der Waals surface area contributed by atoms with Crippen LogP contribution in [-0.2, 0) is 17.7 Å². The number of rotatable bonds is 7. The molecule has 0 atom stereocenters. The largest absolute Gasteiger partial charge is 0.450 e. The van der Waals surface area contributed by atoms with Crippen molar-refractivity contribution in [1.82, 2.24) is 15.3 Å². The number of benzene rings is 1. The van der Waals surface area contributed by atoms with E-state index in [-0.39, 0.29) is 12.2 Å². The molecule has 22 heavy (non-hydrogen) atoms. The second-order valence-corrected chi connectivity index (χ2v) is 4.60. The summed E-state index contributed by atoms with van der Waals surface area (Å²) in [5.41, 5.74) is 1.62. The van der Waals surface area contributed by atoms with E-state index >= 15 is 0 Å². The van der Waals surface area contributed by atoms with Gasteiger partial charge in [-0.05, 0) is 18.4 Å². The van der Waals surface area contributed by atoms with E-state index in [4.69, 9.17) is 4.74 Å². The molecule has 2 aromatic rings. The molecule has 0 unspecified atom stereocenters. The summed E-state index contributed by atoms with van der Waals surface area (Å²) < 4.78 is 5.02. The van der Waals surface area contributed by atoms with Crippen molar-refractivity contribution in [1.29, 1.82) is 0 Å². The Morgan fingerprint density at radius 2 is 2.32 bits per heavy atom. The monoisotopic (exact) mass is 304 g/mol. The van der Waals surface area contributed by atoms with Gasteiger partial charge in [0, 0.05) is 30.6 Å². The fourth-order valence-corrected chi connectivity index (χ4v) is 1.85. The van der Waals surface area contributed by atoms with Crippen LogP contribution < -0.4 is 5.32 Å². The summed E-state index contributed by atoms with van der Waals surface area (Å²) in [6.07, 6.45) is 4.21. The van der Waals surface area contributed by atoms with Crippen LogP contribution in [0, 0.1) is 10.1 Å². The number of imidazole rings is 1. The third-order valence-electron chi connectivity index (χ3n) is 2.94. The molecule has 1 amide bonds. The van der Waals surface area contributed by atoms with Gasteiger partial charge < -0.3 is 15.0 Å². The molecule has 2 rings (SSSR count). The first kappa shape index (κ1) is 15.5. The average Bonchev–Trinajstić information content (AvgIpc) is 3.03. The SMILES string of the molecule is O=C(NCc1cccc([N+](=O)[O-])c1)OCCCc1cnc[nH]1. The first-order valence-electron chi connectivity index (χ1n) is 6.76. The summed E-state index contributed by atoms with van der Waals surface area (Å²) in [5.74, 6) is 0. The minimum absolute atomic E-state index is 0.00720. The smallest absolute Gasteiger partial charge is 0.407 e. The number of hydrogen-bond acceptors (Lipinski definition) is 5. The topological polar surface area (TPSA) is 110 Å². The van der Waals surface area contributed by atoms with E-state index in [0.29, 0.717) is 18.6 Å². The number of nitro groups is 1. The quantitative estimate of drug-likeness (QED) is 0.463. The second-order valence-electron chi connectivity index (χ2n) is 4.60. The molecule has 1 heterocycles. The van der Waals surface area contributed by atoms with Gasteiger partial charge in [-0.2, -0.15) is 0 Å². The maximum Gasteiger partial charge on any atom is 0.407 e. The third kappa shape index (κ3) is 4.89. The minimum atomic E-state index is -0.545. The zero-order valence-electron chi connectivity index (χ0n) is 11.8. The molecule has 0 aliphatic carbocycles. The van der Waals surface area contributed by atoms with Crippen LogP contribution >= 0.6 is 0 Å². The maximum absolute atomic E-state index is 11.5. The van der Waals surface area contributed by atoms with Crippen molar-refractivity contribution in [2.24, 2.45) is 0 Å². The van der Waals surface area contributed by atoms with Crippen LogP contribution in [0.5, 0.6) is 0 Å². The highest BCUT2D eigenvalue weighted by molar-refractivity contribution is 5.67. The predicted molar refractivity (Wildman–Crippen MR) is 78.2 cm³/mol. The number of aromatic amines is 1. The molecule has 0 saturated carbocycles. The van der Waals surface area contributed by atoms with Crippen LogP contribution in [0.2, 0.25) is 0 Å². The van der Waals surface area contributed by atoms with Crippen molar-refractivity contribution in [3.63, 3.8) is 0 Å². The van der Waals surface area contributed by atoms with Crippen molar-refractivity contribution in [2.75, 3.05) is 6.61 Å². The van der Waals surface area contributed by atoms with Gasteiger partial charge in [0.05, 0.1) is 17.9 Å². The van der Waals surface area contributed by atoms with Gasteiger partial charge >= 0.3 is 6.09 Å². The summed E-state index contributed by atoms with van der Waals surface area (Å²) in [7, 11) is 0. The van der Waals surface area contributed by atoms with Crippen LogP contribution in [0.3, 0.4) is 0 Å². The molecular weight excluding hydrogens is 288 g/mol. The normalized spacial score (nSPS) is 10.2. The number of aromatic nitrogens is 2. The Balaban J connectivity index is 1.67. The fraction of sp³-hybridized carbons (Fsp3) is 0.286. The second kappa shape index (κ2) is 7.77. The van der Waals surface area contributed by atoms with E-state index in [1.165, 1.54) is 12.1 Å². The predicted octanol–water partition coefficient (Wildman–Crippen LogP) is 2.18. The highest BCUT2D eigenvalue weighted by Crippen LogP contribution is 2.12. The Labute approximate surface area is 126 Å². The van der Waals surface area contributed by atoms with E-state index in [9.17, 15) is 14.9 Å². The van der Waals surface area contributed by atoms with Crippen molar-refractivity contribution >= 4 is 11.8 Å². The number of carbonyl (C=O) groups excluding carboxylic acids is 1. The Hall–Kier alpha value is -2.90. The van der Waals surface area contributed by atoms with Gasteiger partial charge in [-0.15, -0.1) is 0 Å². The van der Waals surface area contributed by atoms with Gasteiger partial charge in [0.1, 0.15) is 0 Å². The molecule has 1 aromatic carbocycles. The number of nitrogens with zero attached hydrogens (tertiary/aromatic N) is 2. The van der Waals surface area contributed by atoms with Crippen molar-refractivity contribution in [2.45, 2.75) is 19.4 Å². The van der Waals surface area contributed by atoms with Crippen molar-refractivity contribution < 1.29 is 14.5 Å². The zero-order chi connectivity index (χ0) is 15.8. The van der Waals surface area contributed by atoms with Gasteiger partial charge in [0.15, 0.2) is 0 Å². The summed E-state index contributed by atoms with van der Waals surface area (Å²) in [6, 6.07) is 6.09. The molecule has 8 nitrogen and oxygen atoms in total. The summed E-state index contributed by atoms with van der Waals surface area (Å²) >= 11 is 0.